The van der Waals surface area contributed by atoms with Crippen LogP contribution in [0.3, 0.4) is 0 Å². The van der Waals surface area contributed by atoms with Crippen LogP contribution in [0.2, 0.25) is 0 Å². The van der Waals surface area contributed by atoms with Crippen LogP contribution in [0.1, 0.15) is 65.2 Å². The monoisotopic (exact) mass is 328 g/mol. The van der Waals surface area contributed by atoms with Crippen LogP contribution < -0.4 is 0 Å². The maximum Gasteiger partial charge on any atom is 0.120 e. The lowest BCUT2D eigenvalue weighted by Gasteiger charge is -2.47. The lowest BCUT2D eigenvalue weighted by atomic mass is 9.59. The Morgan fingerprint density at radius 3 is 2.79 bits per heavy atom. The molecule has 2 aliphatic carbocycles. The van der Waals surface area contributed by atoms with Crippen LogP contribution in [0.4, 0.5) is 0 Å². The van der Waals surface area contributed by atoms with Crippen molar-refractivity contribution >= 4 is 22.2 Å². The van der Waals surface area contributed by atoms with Gasteiger partial charge in [0.1, 0.15) is 6.29 Å². The molecule has 0 heterocycles. The summed E-state index contributed by atoms with van der Waals surface area (Å²) in [5.74, 6) is 3.46. The summed E-state index contributed by atoms with van der Waals surface area (Å²) in [7, 11) is 0. The molecule has 0 aromatic rings. The van der Waals surface area contributed by atoms with Gasteiger partial charge in [-0.1, -0.05) is 42.6 Å². The molecule has 0 aromatic carbocycles. The fraction of sp³-hybridized carbons (Fsp3) is 0.941. The Hall–Kier alpha value is 0.150. The van der Waals surface area contributed by atoms with Crippen molar-refractivity contribution in [3.8, 4) is 0 Å². The van der Waals surface area contributed by atoms with Crippen molar-refractivity contribution in [2.75, 3.05) is 5.33 Å². The number of halogens is 1. The molecule has 4 unspecified atom stereocenters. The minimum Gasteiger partial charge on any atom is -0.303 e. The second-order valence-electron chi connectivity index (χ2n) is 7.02. The summed E-state index contributed by atoms with van der Waals surface area (Å²) in [4.78, 5) is 10.7. The number of carbonyl (C=O) groups is 1. The Kier molecular flexibility index (Phi) is 5.51. The normalized spacial score (nSPS) is 39.8. The molecule has 2 fully saturated rings. The van der Waals surface area contributed by atoms with Crippen LogP contribution in [-0.2, 0) is 4.79 Å². The first kappa shape index (κ1) is 15.5. The van der Waals surface area contributed by atoms with Crippen molar-refractivity contribution in [3.63, 3.8) is 0 Å². The fourth-order valence-corrected chi connectivity index (χ4v) is 6.09. The summed E-state index contributed by atoms with van der Waals surface area (Å²) < 4.78 is 0. The number of rotatable bonds is 6. The zero-order chi connectivity index (χ0) is 13.9. The Bertz CT molecular complexity index is 304. The van der Waals surface area contributed by atoms with Crippen molar-refractivity contribution in [2.24, 2.45) is 29.1 Å². The first-order valence-corrected chi connectivity index (χ1v) is 9.29. The van der Waals surface area contributed by atoms with E-state index in [1.807, 2.05) is 0 Å². The van der Waals surface area contributed by atoms with Crippen molar-refractivity contribution in [1.29, 1.82) is 0 Å². The van der Waals surface area contributed by atoms with Gasteiger partial charge in [-0.3, -0.25) is 0 Å². The van der Waals surface area contributed by atoms with Crippen LogP contribution in [-0.4, -0.2) is 11.6 Å². The second-order valence-corrected chi connectivity index (χ2v) is 7.66. The molecular formula is C17H29BrO. The molecule has 0 spiro atoms. The predicted octanol–water partition coefficient (Wildman–Crippen LogP) is 5.22. The van der Waals surface area contributed by atoms with Gasteiger partial charge in [-0.2, -0.15) is 0 Å². The minimum absolute atomic E-state index is 0.556. The number of alkyl halides is 1. The predicted molar refractivity (Wildman–Crippen MR) is 84.5 cm³/mol. The van der Waals surface area contributed by atoms with Crippen molar-refractivity contribution in [1.82, 2.24) is 0 Å². The van der Waals surface area contributed by atoms with Crippen LogP contribution in [0.5, 0.6) is 0 Å². The van der Waals surface area contributed by atoms with E-state index in [0.29, 0.717) is 5.41 Å². The first-order valence-electron chi connectivity index (χ1n) is 8.17. The van der Waals surface area contributed by atoms with Gasteiger partial charge in [-0.15, -0.1) is 0 Å². The van der Waals surface area contributed by atoms with Gasteiger partial charge in [0, 0.05) is 11.8 Å². The highest BCUT2D eigenvalue weighted by molar-refractivity contribution is 9.09. The molecule has 1 nitrogen and oxygen atoms in total. The smallest absolute Gasteiger partial charge is 0.120 e. The maximum absolute atomic E-state index is 10.7. The summed E-state index contributed by atoms with van der Waals surface area (Å²) >= 11 is 3.74. The molecule has 0 N–H and O–H groups in total. The molecule has 2 rings (SSSR count). The second kappa shape index (κ2) is 6.74. The van der Waals surface area contributed by atoms with E-state index in [-0.39, 0.29) is 0 Å². The minimum atomic E-state index is 0.556. The molecule has 0 bridgehead atoms. The van der Waals surface area contributed by atoms with E-state index in [2.05, 4.69) is 29.8 Å². The molecule has 0 radical (unpaired) electrons. The highest BCUT2D eigenvalue weighted by atomic mass is 79.9. The van der Waals surface area contributed by atoms with E-state index in [4.69, 9.17) is 0 Å². The van der Waals surface area contributed by atoms with Crippen LogP contribution >= 0.6 is 15.9 Å². The summed E-state index contributed by atoms with van der Waals surface area (Å²) in [6.45, 7) is 4.88. The molecule has 0 amide bonds. The van der Waals surface area contributed by atoms with Crippen LogP contribution in [0.25, 0.3) is 0 Å². The molecule has 2 saturated carbocycles. The van der Waals surface area contributed by atoms with E-state index in [0.717, 1.165) is 42.8 Å². The third kappa shape index (κ3) is 2.94. The molecule has 19 heavy (non-hydrogen) atoms. The van der Waals surface area contributed by atoms with Gasteiger partial charge in [0.2, 0.25) is 0 Å². The van der Waals surface area contributed by atoms with Crippen LogP contribution in [0.15, 0.2) is 0 Å². The lowest BCUT2D eigenvalue weighted by molar-refractivity contribution is -0.108. The molecule has 0 saturated heterocycles. The Labute approximate surface area is 127 Å². The third-order valence-electron chi connectivity index (χ3n) is 6.29. The van der Waals surface area contributed by atoms with Crippen molar-refractivity contribution < 1.29 is 4.79 Å². The Morgan fingerprint density at radius 1 is 1.37 bits per heavy atom. The van der Waals surface area contributed by atoms with Gasteiger partial charge in [0.25, 0.3) is 0 Å². The van der Waals surface area contributed by atoms with Gasteiger partial charge >= 0.3 is 0 Å². The van der Waals surface area contributed by atoms with Crippen LogP contribution in [0, 0.1) is 29.1 Å². The van der Waals surface area contributed by atoms with E-state index < -0.39 is 0 Å². The number of hydrogen-bond acceptors (Lipinski definition) is 1. The van der Waals surface area contributed by atoms with E-state index in [1.54, 1.807) is 0 Å². The maximum atomic E-state index is 10.7. The zero-order valence-electron chi connectivity index (χ0n) is 12.5. The SMILES string of the molecule is CCC(CCC=O)C1CCC2C(CBr)CCC[C@]12C. The summed E-state index contributed by atoms with van der Waals surface area (Å²) in [6.07, 6.45) is 11.3. The average molecular weight is 329 g/mol. The molecule has 110 valence electrons. The molecule has 5 atom stereocenters. The Balaban J connectivity index is 2.11. The zero-order valence-corrected chi connectivity index (χ0v) is 14.1. The highest BCUT2D eigenvalue weighted by Crippen LogP contribution is 2.60. The molecular weight excluding hydrogens is 300 g/mol. The summed E-state index contributed by atoms with van der Waals surface area (Å²) in [5, 5.41) is 1.19. The molecule has 0 aliphatic heterocycles. The molecule has 0 aromatic heterocycles. The fourth-order valence-electron chi connectivity index (χ4n) is 5.32. The van der Waals surface area contributed by atoms with Gasteiger partial charge in [0.05, 0.1) is 0 Å². The third-order valence-corrected chi connectivity index (χ3v) is 7.12. The molecule has 2 heteroatoms. The first-order chi connectivity index (χ1) is 9.17. The number of aldehydes is 1. The van der Waals surface area contributed by atoms with Gasteiger partial charge < -0.3 is 4.79 Å². The van der Waals surface area contributed by atoms with E-state index in [9.17, 15) is 4.79 Å². The molecule has 2 aliphatic rings. The number of carbonyl (C=O) groups excluding carboxylic acids is 1. The summed E-state index contributed by atoms with van der Waals surface area (Å²) in [6, 6.07) is 0. The van der Waals surface area contributed by atoms with Crippen molar-refractivity contribution in [2.45, 2.75) is 65.2 Å². The van der Waals surface area contributed by atoms with Crippen molar-refractivity contribution in [3.05, 3.63) is 0 Å². The standard InChI is InChI=1S/C17H29BrO/c1-3-13(7-5-11-19)15-8-9-16-14(12-18)6-4-10-17(15,16)2/h11,13-16H,3-10,12H2,1-2H3/t13?,14?,15?,16?,17-/m1/s1. The Morgan fingerprint density at radius 2 is 2.16 bits per heavy atom. The quantitative estimate of drug-likeness (QED) is 0.482. The van der Waals surface area contributed by atoms with Gasteiger partial charge in [0.15, 0.2) is 0 Å². The largest absolute Gasteiger partial charge is 0.303 e. The summed E-state index contributed by atoms with van der Waals surface area (Å²) in [5.41, 5.74) is 0.556. The van der Waals surface area contributed by atoms with E-state index >= 15 is 0 Å². The topological polar surface area (TPSA) is 17.1 Å². The van der Waals surface area contributed by atoms with Gasteiger partial charge in [-0.05, 0) is 61.2 Å². The van der Waals surface area contributed by atoms with Gasteiger partial charge in [-0.25, -0.2) is 0 Å². The van der Waals surface area contributed by atoms with E-state index in [1.165, 1.54) is 43.9 Å². The average Bonchev–Trinajstić information content (AvgIpc) is 2.77. The number of fused-ring (bicyclic) bond motifs is 1. The lowest BCUT2D eigenvalue weighted by Crippen LogP contribution is -2.40. The number of hydrogen-bond donors (Lipinski definition) is 0. The highest BCUT2D eigenvalue weighted by Gasteiger charge is 2.52.